The Morgan fingerprint density at radius 3 is 2.39 bits per heavy atom. The molecule has 0 amide bonds. The van der Waals surface area contributed by atoms with Crippen LogP contribution in [0.4, 0.5) is 13.2 Å². The summed E-state index contributed by atoms with van der Waals surface area (Å²) in [4.78, 5) is 0. The number of alkyl halides is 3. The predicted molar refractivity (Wildman–Crippen MR) is 71.4 cm³/mol. The minimum Gasteiger partial charge on any atom is -0.313 e. The van der Waals surface area contributed by atoms with Gasteiger partial charge in [-0.2, -0.15) is 13.2 Å². The molecule has 1 aromatic carbocycles. The molecule has 0 spiro atoms. The average Bonchev–Trinajstić information content (AvgIpc) is 2.29. The van der Waals surface area contributed by atoms with Gasteiger partial charge in [-0.15, -0.1) is 24.8 Å². The van der Waals surface area contributed by atoms with Gasteiger partial charge in [0.1, 0.15) is 0 Å². The van der Waals surface area contributed by atoms with Crippen molar-refractivity contribution in [3.63, 3.8) is 0 Å². The third kappa shape index (κ3) is 4.19. The van der Waals surface area contributed by atoms with Crippen LogP contribution in [-0.2, 0) is 6.18 Å². The molecule has 0 unspecified atom stereocenters. The number of nitrogens with one attached hydrogen (secondary N) is 1. The van der Waals surface area contributed by atoms with Crippen molar-refractivity contribution in [2.75, 3.05) is 13.1 Å². The van der Waals surface area contributed by atoms with Crippen molar-refractivity contribution in [3.05, 3.63) is 41.5 Å². The van der Waals surface area contributed by atoms with E-state index < -0.39 is 11.7 Å². The fourth-order valence-electron chi connectivity index (χ4n) is 1.78. The SMILES string of the molecule is Cl.Cl.FC(F)(F)c1cccc(C2=CCNCC2)c1. The molecule has 1 aromatic rings. The molecule has 0 aromatic heterocycles. The van der Waals surface area contributed by atoms with E-state index in [0.717, 1.165) is 31.1 Å². The fraction of sp³-hybridized carbons (Fsp3) is 0.333. The first-order chi connectivity index (χ1) is 7.57. The Labute approximate surface area is 116 Å². The Bertz CT molecular complexity index is 416. The molecule has 0 atom stereocenters. The Morgan fingerprint density at radius 2 is 1.83 bits per heavy atom. The van der Waals surface area contributed by atoms with Crippen LogP contribution in [0.3, 0.4) is 0 Å². The highest BCUT2D eigenvalue weighted by Gasteiger charge is 2.30. The molecule has 0 saturated carbocycles. The van der Waals surface area contributed by atoms with E-state index in [1.807, 2.05) is 6.08 Å². The standard InChI is InChI=1S/C12H12F3N.2ClH/c13-12(14,15)11-3-1-2-10(8-11)9-4-6-16-7-5-9;;/h1-4,8,16H,5-7H2;2*1H. The lowest BCUT2D eigenvalue weighted by Gasteiger charge is -2.15. The van der Waals surface area contributed by atoms with Gasteiger partial charge in [0.05, 0.1) is 5.56 Å². The van der Waals surface area contributed by atoms with Gasteiger partial charge in [-0.05, 0) is 36.2 Å². The zero-order valence-electron chi connectivity index (χ0n) is 9.46. The van der Waals surface area contributed by atoms with Gasteiger partial charge in [0, 0.05) is 6.54 Å². The Hall–Kier alpha value is -0.710. The van der Waals surface area contributed by atoms with E-state index in [1.54, 1.807) is 6.07 Å². The molecule has 0 radical (unpaired) electrons. The zero-order valence-corrected chi connectivity index (χ0v) is 11.1. The quantitative estimate of drug-likeness (QED) is 0.828. The van der Waals surface area contributed by atoms with Gasteiger partial charge < -0.3 is 5.32 Å². The van der Waals surface area contributed by atoms with Crippen LogP contribution < -0.4 is 5.32 Å². The first-order valence-electron chi connectivity index (χ1n) is 5.15. The van der Waals surface area contributed by atoms with Crippen molar-refractivity contribution >= 4 is 30.4 Å². The third-order valence-corrected chi connectivity index (χ3v) is 2.62. The van der Waals surface area contributed by atoms with Crippen LogP contribution in [0.15, 0.2) is 30.3 Å². The second-order valence-electron chi connectivity index (χ2n) is 3.76. The monoisotopic (exact) mass is 299 g/mol. The Balaban J connectivity index is 0.00000144. The second-order valence-corrected chi connectivity index (χ2v) is 3.76. The van der Waals surface area contributed by atoms with Gasteiger partial charge in [0.15, 0.2) is 0 Å². The van der Waals surface area contributed by atoms with Crippen molar-refractivity contribution in [2.45, 2.75) is 12.6 Å². The van der Waals surface area contributed by atoms with E-state index >= 15 is 0 Å². The van der Waals surface area contributed by atoms with Crippen molar-refractivity contribution < 1.29 is 13.2 Å². The average molecular weight is 300 g/mol. The molecule has 0 fully saturated rings. The number of benzene rings is 1. The van der Waals surface area contributed by atoms with E-state index in [4.69, 9.17) is 0 Å². The summed E-state index contributed by atoms with van der Waals surface area (Å²) in [5.41, 5.74) is 1.09. The molecule has 6 heteroatoms. The van der Waals surface area contributed by atoms with Crippen molar-refractivity contribution in [1.29, 1.82) is 0 Å². The molecule has 2 rings (SSSR count). The summed E-state index contributed by atoms with van der Waals surface area (Å²) in [5.74, 6) is 0. The molecular weight excluding hydrogens is 286 g/mol. The summed E-state index contributed by atoms with van der Waals surface area (Å²) >= 11 is 0. The van der Waals surface area contributed by atoms with Crippen LogP contribution >= 0.6 is 24.8 Å². The number of halogens is 5. The molecule has 1 heterocycles. The number of hydrogen-bond donors (Lipinski definition) is 1. The molecular formula is C12H14Cl2F3N. The molecule has 102 valence electrons. The van der Waals surface area contributed by atoms with E-state index in [-0.39, 0.29) is 24.8 Å². The molecule has 0 saturated heterocycles. The van der Waals surface area contributed by atoms with Crippen LogP contribution in [0.5, 0.6) is 0 Å². The maximum atomic E-state index is 12.5. The summed E-state index contributed by atoms with van der Waals surface area (Å²) in [6, 6.07) is 5.51. The normalized spacial score (nSPS) is 15.2. The van der Waals surface area contributed by atoms with Gasteiger partial charge in [-0.3, -0.25) is 0 Å². The lowest BCUT2D eigenvalue weighted by Crippen LogP contribution is -2.20. The highest BCUT2D eigenvalue weighted by atomic mass is 35.5. The van der Waals surface area contributed by atoms with E-state index in [9.17, 15) is 13.2 Å². The zero-order chi connectivity index (χ0) is 11.6. The Kier molecular flexibility index (Phi) is 6.74. The first-order valence-corrected chi connectivity index (χ1v) is 5.15. The molecule has 0 bridgehead atoms. The van der Waals surface area contributed by atoms with Gasteiger partial charge in [-0.25, -0.2) is 0 Å². The van der Waals surface area contributed by atoms with Crippen LogP contribution in [0.25, 0.3) is 5.57 Å². The fourth-order valence-corrected chi connectivity index (χ4v) is 1.78. The summed E-state index contributed by atoms with van der Waals surface area (Å²) in [7, 11) is 0. The summed E-state index contributed by atoms with van der Waals surface area (Å²) in [6.45, 7) is 1.55. The van der Waals surface area contributed by atoms with Crippen molar-refractivity contribution in [3.8, 4) is 0 Å². The van der Waals surface area contributed by atoms with E-state index in [2.05, 4.69) is 5.32 Å². The summed E-state index contributed by atoms with van der Waals surface area (Å²) in [5, 5.41) is 3.13. The largest absolute Gasteiger partial charge is 0.416 e. The van der Waals surface area contributed by atoms with Gasteiger partial charge >= 0.3 is 6.18 Å². The lowest BCUT2D eigenvalue weighted by atomic mass is 9.98. The van der Waals surface area contributed by atoms with Gasteiger partial charge in [0.2, 0.25) is 0 Å². The molecule has 1 N–H and O–H groups in total. The van der Waals surface area contributed by atoms with Crippen LogP contribution in [-0.4, -0.2) is 13.1 Å². The molecule has 1 aliphatic heterocycles. The second kappa shape index (κ2) is 7.02. The smallest absolute Gasteiger partial charge is 0.313 e. The molecule has 1 nitrogen and oxygen atoms in total. The maximum Gasteiger partial charge on any atom is 0.416 e. The number of hydrogen-bond acceptors (Lipinski definition) is 1. The topological polar surface area (TPSA) is 12.0 Å². The van der Waals surface area contributed by atoms with E-state index in [1.165, 1.54) is 12.1 Å². The van der Waals surface area contributed by atoms with Crippen LogP contribution in [0.2, 0.25) is 0 Å². The minimum atomic E-state index is -4.26. The summed E-state index contributed by atoms with van der Waals surface area (Å²) in [6.07, 6.45) is -1.54. The highest BCUT2D eigenvalue weighted by molar-refractivity contribution is 5.85. The van der Waals surface area contributed by atoms with Crippen molar-refractivity contribution in [2.24, 2.45) is 0 Å². The van der Waals surface area contributed by atoms with Gasteiger partial charge in [-0.1, -0.05) is 18.2 Å². The van der Waals surface area contributed by atoms with E-state index in [0.29, 0.717) is 5.56 Å². The van der Waals surface area contributed by atoms with Crippen molar-refractivity contribution in [1.82, 2.24) is 5.32 Å². The lowest BCUT2D eigenvalue weighted by molar-refractivity contribution is -0.137. The third-order valence-electron chi connectivity index (χ3n) is 2.62. The summed E-state index contributed by atoms with van der Waals surface area (Å²) < 4.78 is 37.5. The molecule has 1 aliphatic rings. The Morgan fingerprint density at radius 1 is 1.11 bits per heavy atom. The first kappa shape index (κ1) is 17.3. The highest BCUT2D eigenvalue weighted by Crippen LogP contribution is 2.31. The molecule has 0 aliphatic carbocycles. The van der Waals surface area contributed by atoms with Crippen LogP contribution in [0.1, 0.15) is 17.5 Å². The number of rotatable bonds is 1. The minimum absolute atomic E-state index is 0. The van der Waals surface area contributed by atoms with Gasteiger partial charge in [0.25, 0.3) is 0 Å². The van der Waals surface area contributed by atoms with Crippen LogP contribution in [0, 0.1) is 0 Å². The maximum absolute atomic E-state index is 12.5. The predicted octanol–water partition coefficient (Wildman–Crippen LogP) is 3.93. The molecule has 18 heavy (non-hydrogen) atoms.